The van der Waals surface area contributed by atoms with Gasteiger partial charge in [-0.3, -0.25) is 0 Å². The van der Waals surface area contributed by atoms with Crippen molar-refractivity contribution in [3.05, 3.63) is 121 Å². The summed E-state index contributed by atoms with van der Waals surface area (Å²) in [6, 6.07) is 36.1. The Balaban J connectivity index is 0.000000332. The number of rotatable bonds is 0. The largest absolute Gasteiger partial charge is 0.508 e. The summed E-state index contributed by atoms with van der Waals surface area (Å²) >= 11 is 0. The van der Waals surface area contributed by atoms with Gasteiger partial charge >= 0.3 is 0 Å². The van der Waals surface area contributed by atoms with E-state index < -0.39 is 0 Å². The van der Waals surface area contributed by atoms with E-state index in [1.807, 2.05) is 48.5 Å². The smallest absolute Gasteiger partial charge is 0.115 e. The third-order valence-electron chi connectivity index (χ3n) is 2.82. The van der Waals surface area contributed by atoms with Gasteiger partial charge in [-0.25, -0.2) is 12.1 Å². The first kappa shape index (κ1) is 24.1. The minimum Gasteiger partial charge on any atom is -0.508 e. The average Bonchev–Trinajstić information content (AvgIpc) is 3.25. The number of benzene rings is 3. The zero-order valence-electron chi connectivity index (χ0n) is 14.9. The van der Waals surface area contributed by atoms with E-state index in [1.54, 1.807) is 72.8 Å². The number of para-hydroxylation sites is 3. The van der Waals surface area contributed by atoms with E-state index in [1.165, 1.54) is 0 Å². The minimum atomic E-state index is 0. The van der Waals surface area contributed by atoms with Gasteiger partial charge in [-0.2, -0.15) is 18.2 Å². The van der Waals surface area contributed by atoms with E-state index >= 15 is 0 Å². The van der Waals surface area contributed by atoms with Crippen molar-refractivity contribution in [1.82, 2.24) is 0 Å². The molecule has 27 heavy (non-hydrogen) atoms. The van der Waals surface area contributed by atoms with E-state index in [4.69, 9.17) is 15.3 Å². The van der Waals surface area contributed by atoms with Gasteiger partial charge in [-0.1, -0.05) is 54.6 Å². The molecule has 0 aliphatic carbocycles. The van der Waals surface area contributed by atoms with E-state index in [2.05, 4.69) is 0 Å². The predicted octanol–water partition coefficient (Wildman–Crippen LogP) is 5.58. The first-order valence-electron chi connectivity index (χ1n) is 8.07. The molecule has 0 radical (unpaired) electrons. The Morgan fingerprint density at radius 1 is 0.407 bits per heavy atom. The Kier molecular flexibility index (Phi) is 14.8. The zero-order valence-corrected chi connectivity index (χ0v) is 16.5. The molecule has 138 valence electrons. The van der Waals surface area contributed by atoms with Crippen molar-refractivity contribution in [3.63, 3.8) is 0 Å². The van der Waals surface area contributed by atoms with Gasteiger partial charge in [0.2, 0.25) is 0 Å². The molecule has 0 amide bonds. The number of hydrogen-bond acceptors (Lipinski definition) is 3. The minimum absolute atomic E-state index is 0. The molecule has 3 N–H and O–H groups in total. The van der Waals surface area contributed by atoms with Crippen LogP contribution in [0.4, 0.5) is 0 Å². The quantitative estimate of drug-likeness (QED) is 0.269. The van der Waals surface area contributed by atoms with Crippen molar-refractivity contribution in [1.29, 1.82) is 0 Å². The molecular weight excluding hydrogens is 372 g/mol. The SMILES string of the molecule is Oc1ccccc1.Oc1ccccc1.Oc1ccccc1.[Ti].c1cc[cH-]c1. The van der Waals surface area contributed by atoms with Gasteiger partial charge in [0.1, 0.15) is 17.2 Å². The summed E-state index contributed by atoms with van der Waals surface area (Å²) in [4.78, 5) is 0. The topological polar surface area (TPSA) is 60.7 Å². The summed E-state index contributed by atoms with van der Waals surface area (Å²) in [6.07, 6.45) is 0. The van der Waals surface area contributed by atoms with Crippen LogP contribution in [0.15, 0.2) is 121 Å². The van der Waals surface area contributed by atoms with Crippen LogP contribution in [0.2, 0.25) is 0 Å². The molecule has 0 unspecified atom stereocenters. The standard InChI is InChI=1S/3C6H6O.C5H5.Ti/c3*7-6-4-2-1-3-5-6;1-2-4-5-3-1;/h3*1-5,7H;1-5H;/q;;;-1;. The monoisotopic (exact) mass is 395 g/mol. The fraction of sp³-hybridized carbons (Fsp3) is 0. The molecule has 0 spiro atoms. The fourth-order valence-electron chi connectivity index (χ4n) is 1.60. The van der Waals surface area contributed by atoms with Crippen LogP contribution < -0.4 is 0 Å². The van der Waals surface area contributed by atoms with Crippen LogP contribution in [0.3, 0.4) is 0 Å². The summed E-state index contributed by atoms with van der Waals surface area (Å²) in [5.74, 6) is 0.965. The Morgan fingerprint density at radius 2 is 0.667 bits per heavy atom. The maximum atomic E-state index is 8.63. The van der Waals surface area contributed by atoms with E-state index in [-0.39, 0.29) is 21.7 Å². The molecule has 3 nitrogen and oxygen atoms in total. The van der Waals surface area contributed by atoms with E-state index in [0.717, 1.165) is 0 Å². The number of phenolic OH excluding ortho intramolecular Hbond substituents is 3. The molecule has 0 fully saturated rings. The molecule has 4 aromatic rings. The molecule has 0 aliphatic rings. The van der Waals surface area contributed by atoms with Crippen LogP contribution in [0, 0.1) is 0 Å². The van der Waals surface area contributed by atoms with Crippen molar-refractivity contribution < 1.29 is 37.0 Å². The van der Waals surface area contributed by atoms with E-state index in [9.17, 15) is 0 Å². The molecule has 4 heteroatoms. The molecule has 0 aliphatic heterocycles. The number of aromatic hydroxyl groups is 3. The zero-order chi connectivity index (χ0) is 18.9. The fourth-order valence-corrected chi connectivity index (χ4v) is 1.60. The van der Waals surface area contributed by atoms with Crippen molar-refractivity contribution in [2.24, 2.45) is 0 Å². The van der Waals surface area contributed by atoms with Crippen LogP contribution in [0.1, 0.15) is 0 Å². The van der Waals surface area contributed by atoms with Gasteiger partial charge in [-0.15, -0.1) is 0 Å². The summed E-state index contributed by atoms with van der Waals surface area (Å²) in [7, 11) is 0. The number of phenols is 3. The van der Waals surface area contributed by atoms with Crippen LogP contribution in [0.25, 0.3) is 0 Å². The molecule has 0 heterocycles. The second-order valence-corrected chi connectivity index (χ2v) is 4.97. The van der Waals surface area contributed by atoms with Crippen molar-refractivity contribution >= 4 is 0 Å². The predicted molar refractivity (Wildman–Crippen MR) is 106 cm³/mol. The average molecular weight is 395 g/mol. The van der Waals surface area contributed by atoms with Gasteiger partial charge in [0, 0.05) is 21.7 Å². The van der Waals surface area contributed by atoms with Crippen LogP contribution in [-0.4, -0.2) is 15.3 Å². The van der Waals surface area contributed by atoms with Crippen LogP contribution >= 0.6 is 0 Å². The van der Waals surface area contributed by atoms with Crippen molar-refractivity contribution in [3.8, 4) is 17.2 Å². The van der Waals surface area contributed by atoms with E-state index in [0.29, 0.717) is 17.2 Å². The second kappa shape index (κ2) is 16.6. The molecule has 4 rings (SSSR count). The normalized spacial score (nSPS) is 8.15. The summed E-state index contributed by atoms with van der Waals surface area (Å²) in [6.45, 7) is 0. The van der Waals surface area contributed by atoms with Crippen molar-refractivity contribution in [2.75, 3.05) is 0 Å². The molecular formula is C23H23O3Ti-. The van der Waals surface area contributed by atoms with Gasteiger partial charge < -0.3 is 15.3 Å². The summed E-state index contributed by atoms with van der Waals surface area (Å²) in [5, 5.41) is 25.9. The maximum absolute atomic E-state index is 8.63. The molecule has 0 saturated heterocycles. The summed E-state index contributed by atoms with van der Waals surface area (Å²) in [5.41, 5.74) is 0. The summed E-state index contributed by atoms with van der Waals surface area (Å²) < 4.78 is 0. The molecule has 0 saturated carbocycles. The Hall–Kier alpha value is -2.88. The van der Waals surface area contributed by atoms with Gasteiger partial charge in [0.15, 0.2) is 0 Å². The Morgan fingerprint density at radius 3 is 0.778 bits per heavy atom. The molecule has 0 aromatic heterocycles. The third-order valence-corrected chi connectivity index (χ3v) is 2.82. The van der Waals surface area contributed by atoms with Crippen LogP contribution in [-0.2, 0) is 21.7 Å². The van der Waals surface area contributed by atoms with Crippen molar-refractivity contribution in [2.45, 2.75) is 0 Å². The van der Waals surface area contributed by atoms with Gasteiger partial charge in [-0.05, 0) is 36.4 Å². The second-order valence-electron chi connectivity index (χ2n) is 4.97. The Labute approximate surface area is 175 Å². The maximum Gasteiger partial charge on any atom is 0.115 e. The van der Waals surface area contributed by atoms with Gasteiger partial charge in [0.25, 0.3) is 0 Å². The number of hydrogen-bond donors (Lipinski definition) is 3. The first-order chi connectivity index (χ1) is 12.7. The molecule has 4 aromatic carbocycles. The van der Waals surface area contributed by atoms with Crippen LogP contribution in [0.5, 0.6) is 17.2 Å². The third kappa shape index (κ3) is 15.1. The Bertz CT molecular complexity index is 652. The van der Waals surface area contributed by atoms with Gasteiger partial charge in [0.05, 0.1) is 0 Å². The molecule has 0 bridgehead atoms. The molecule has 0 atom stereocenters. The first-order valence-corrected chi connectivity index (χ1v) is 8.07.